The fourth-order valence-corrected chi connectivity index (χ4v) is 3.22. The molecule has 2 rings (SSSR count). The first kappa shape index (κ1) is 15.7. The van der Waals surface area contributed by atoms with Gasteiger partial charge in [0, 0.05) is 17.9 Å². The van der Waals surface area contributed by atoms with Crippen LogP contribution in [-0.2, 0) is 4.79 Å². The molecule has 0 radical (unpaired) electrons. The summed E-state index contributed by atoms with van der Waals surface area (Å²) in [5.74, 6) is -2.76. The highest BCUT2D eigenvalue weighted by Gasteiger charge is 2.21. The molecule has 1 aromatic carbocycles. The fourth-order valence-electron chi connectivity index (χ4n) is 1.85. The van der Waals surface area contributed by atoms with E-state index >= 15 is 0 Å². The van der Waals surface area contributed by atoms with E-state index in [1.807, 2.05) is 0 Å². The average molecular weight is 331 g/mol. The van der Waals surface area contributed by atoms with Crippen molar-refractivity contribution < 1.29 is 23.8 Å². The summed E-state index contributed by atoms with van der Waals surface area (Å²) in [6.45, 7) is 1.45. The van der Waals surface area contributed by atoms with Crippen LogP contribution in [0.15, 0.2) is 12.1 Å². The second-order valence-corrected chi connectivity index (χ2v) is 6.05. The smallest absolute Gasteiger partial charge is 0.306 e. The molecule has 0 unspecified atom stereocenters. The molecular formula is C14H12ClFO4S. The van der Waals surface area contributed by atoms with E-state index in [0.29, 0.717) is 5.39 Å². The number of carboxylic acids is 1. The summed E-state index contributed by atoms with van der Waals surface area (Å²) in [5.41, 5.74) is 0. The lowest BCUT2D eigenvalue weighted by molar-refractivity contribution is -0.141. The number of hydrogen-bond donors (Lipinski definition) is 1. The Morgan fingerprint density at radius 3 is 2.71 bits per heavy atom. The molecular weight excluding hydrogens is 319 g/mol. The minimum Gasteiger partial charge on any atom is -0.494 e. The van der Waals surface area contributed by atoms with E-state index in [1.54, 1.807) is 0 Å². The van der Waals surface area contributed by atoms with Crippen molar-refractivity contribution in [3.8, 4) is 5.75 Å². The molecule has 0 aliphatic heterocycles. The van der Waals surface area contributed by atoms with Crippen molar-refractivity contribution in [1.29, 1.82) is 0 Å². The van der Waals surface area contributed by atoms with Crippen LogP contribution in [0.5, 0.6) is 5.75 Å². The zero-order valence-corrected chi connectivity index (χ0v) is 12.8. The monoisotopic (exact) mass is 330 g/mol. The van der Waals surface area contributed by atoms with E-state index in [1.165, 1.54) is 26.2 Å². The van der Waals surface area contributed by atoms with Crippen LogP contribution in [0, 0.1) is 11.7 Å². The number of ketones is 1. The second-order valence-electron chi connectivity index (χ2n) is 4.59. The summed E-state index contributed by atoms with van der Waals surface area (Å²) in [6.07, 6.45) is -0.140. The van der Waals surface area contributed by atoms with Crippen LogP contribution in [-0.4, -0.2) is 24.0 Å². The number of fused-ring (bicyclic) bond motifs is 1. The van der Waals surface area contributed by atoms with Gasteiger partial charge in [-0.05, 0) is 6.07 Å². The van der Waals surface area contributed by atoms with Crippen LogP contribution in [0.2, 0.25) is 5.02 Å². The third-order valence-corrected chi connectivity index (χ3v) is 4.55. The molecule has 21 heavy (non-hydrogen) atoms. The zero-order valence-electron chi connectivity index (χ0n) is 11.3. The minimum atomic E-state index is -1.05. The van der Waals surface area contributed by atoms with Gasteiger partial charge in [0.05, 0.1) is 27.6 Å². The van der Waals surface area contributed by atoms with Gasteiger partial charge < -0.3 is 9.84 Å². The predicted molar refractivity (Wildman–Crippen MR) is 79.1 cm³/mol. The number of ether oxygens (including phenoxy) is 1. The molecule has 7 heteroatoms. The highest BCUT2D eigenvalue weighted by Crippen LogP contribution is 2.38. The number of benzene rings is 1. The summed E-state index contributed by atoms with van der Waals surface area (Å²) in [4.78, 5) is 23.1. The van der Waals surface area contributed by atoms with E-state index in [9.17, 15) is 14.0 Å². The maximum atomic E-state index is 14.1. The summed E-state index contributed by atoms with van der Waals surface area (Å²) >= 11 is 6.99. The first-order chi connectivity index (χ1) is 9.85. The van der Waals surface area contributed by atoms with Crippen LogP contribution < -0.4 is 4.74 Å². The molecule has 1 N–H and O–H groups in total. The van der Waals surface area contributed by atoms with E-state index < -0.39 is 17.7 Å². The van der Waals surface area contributed by atoms with Crippen LogP contribution >= 0.6 is 22.9 Å². The first-order valence-electron chi connectivity index (χ1n) is 6.06. The third kappa shape index (κ3) is 3.01. The molecule has 0 saturated heterocycles. The predicted octanol–water partition coefficient (Wildman–Crippen LogP) is 4.00. The van der Waals surface area contributed by atoms with Gasteiger partial charge in [0.2, 0.25) is 0 Å². The van der Waals surface area contributed by atoms with E-state index in [0.717, 1.165) is 11.3 Å². The largest absolute Gasteiger partial charge is 0.494 e. The van der Waals surface area contributed by atoms with E-state index in [-0.39, 0.29) is 32.6 Å². The second kappa shape index (κ2) is 5.99. The number of hydrogen-bond acceptors (Lipinski definition) is 4. The lowest BCUT2D eigenvalue weighted by Crippen LogP contribution is -2.13. The molecule has 0 bridgehead atoms. The number of Topliss-reactive ketones (excluding diaryl/α,β-unsaturated/α-hetero) is 1. The van der Waals surface area contributed by atoms with Crippen LogP contribution in [0.1, 0.15) is 23.0 Å². The van der Waals surface area contributed by atoms with Gasteiger partial charge in [-0.2, -0.15) is 0 Å². The molecule has 0 fully saturated rings. The minimum absolute atomic E-state index is 0.00672. The van der Waals surface area contributed by atoms with Gasteiger partial charge in [-0.3, -0.25) is 9.59 Å². The van der Waals surface area contributed by atoms with Gasteiger partial charge in [-0.15, -0.1) is 11.3 Å². The standard InChI is InChI=1S/C14H12ClFO4S/c1-6(14(18)19)3-9(17)11-4-7-8(15)5-10(20-2)12(16)13(7)21-11/h4-6H,3H2,1-2H3,(H,18,19)/t6-/m0/s1. The summed E-state index contributed by atoms with van der Waals surface area (Å²) in [7, 11) is 1.33. The normalized spacial score (nSPS) is 12.4. The molecule has 1 aromatic heterocycles. The molecule has 0 aliphatic rings. The van der Waals surface area contributed by atoms with Gasteiger partial charge in [0.15, 0.2) is 17.3 Å². The van der Waals surface area contributed by atoms with Gasteiger partial charge in [-0.1, -0.05) is 18.5 Å². The summed E-state index contributed by atoms with van der Waals surface area (Å²) in [5, 5.41) is 9.53. The molecule has 0 aliphatic carbocycles. The van der Waals surface area contributed by atoms with Crippen LogP contribution in [0.4, 0.5) is 4.39 Å². The van der Waals surface area contributed by atoms with Crippen molar-refractivity contribution in [3.05, 3.63) is 27.8 Å². The zero-order chi connectivity index (χ0) is 15.7. The van der Waals surface area contributed by atoms with Crippen molar-refractivity contribution >= 4 is 44.8 Å². The number of carbonyl (C=O) groups is 2. The first-order valence-corrected chi connectivity index (χ1v) is 7.26. The average Bonchev–Trinajstić information content (AvgIpc) is 2.88. The maximum absolute atomic E-state index is 14.1. The lowest BCUT2D eigenvalue weighted by atomic mass is 10.0. The Kier molecular flexibility index (Phi) is 4.49. The molecule has 4 nitrogen and oxygen atoms in total. The van der Waals surface area contributed by atoms with Crippen molar-refractivity contribution in [3.63, 3.8) is 0 Å². The topological polar surface area (TPSA) is 63.6 Å². The SMILES string of the molecule is COc1cc(Cl)c2cc(C(=O)C[C@H](C)C(=O)O)sc2c1F. The molecule has 112 valence electrons. The number of halogens is 2. The maximum Gasteiger partial charge on any atom is 0.306 e. The number of rotatable bonds is 5. The van der Waals surface area contributed by atoms with Crippen molar-refractivity contribution in [1.82, 2.24) is 0 Å². The van der Waals surface area contributed by atoms with Gasteiger partial charge >= 0.3 is 5.97 Å². The van der Waals surface area contributed by atoms with Crippen LogP contribution in [0.25, 0.3) is 10.1 Å². The van der Waals surface area contributed by atoms with Crippen LogP contribution in [0.3, 0.4) is 0 Å². The Hall–Kier alpha value is -1.66. The van der Waals surface area contributed by atoms with Crippen molar-refractivity contribution in [2.75, 3.05) is 7.11 Å². The molecule has 0 saturated carbocycles. The van der Waals surface area contributed by atoms with E-state index in [2.05, 4.69) is 0 Å². The summed E-state index contributed by atoms with van der Waals surface area (Å²) in [6, 6.07) is 2.84. The number of carboxylic acid groups (broad SMARTS) is 1. The van der Waals surface area contributed by atoms with Gasteiger partial charge in [-0.25, -0.2) is 4.39 Å². The lowest BCUT2D eigenvalue weighted by Gasteiger charge is -2.03. The van der Waals surface area contributed by atoms with Crippen molar-refractivity contribution in [2.24, 2.45) is 5.92 Å². The Bertz CT molecular complexity index is 725. The molecule has 0 amide bonds. The number of thiophene rings is 1. The molecule has 1 heterocycles. The fraction of sp³-hybridized carbons (Fsp3) is 0.286. The van der Waals surface area contributed by atoms with Gasteiger partial charge in [0.1, 0.15) is 0 Å². The Balaban J connectivity index is 2.43. The highest BCUT2D eigenvalue weighted by molar-refractivity contribution is 7.21. The Morgan fingerprint density at radius 2 is 2.14 bits per heavy atom. The molecule has 0 spiro atoms. The number of aliphatic carboxylic acids is 1. The third-order valence-electron chi connectivity index (χ3n) is 3.07. The van der Waals surface area contributed by atoms with Crippen molar-refractivity contribution in [2.45, 2.75) is 13.3 Å². The quantitative estimate of drug-likeness (QED) is 0.842. The Morgan fingerprint density at radius 1 is 1.48 bits per heavy atom. The highest BCUT2D eigenvalue weighted by atomic mass is 35.5. The Labute approximate surface area is 129 Å². The number of carbonyl (C=O) groups excluding carboxylic acids is 1. The van der Waals surface area contributed by atoms with Gasteiger partial charge in [0.25, 0.3) is 0 Å². The summed E-state index contributed by atoms with van der Waals surface area (Å²) < 4.78 is 19.3. The van der Waals surface area contributed by atoms with E-state index in [4.69, 9.17) is 21.4 Å². The number of methoxy groups -OCH3 is 1. The molecule has 1 atom stereocenters. The molecule has 2 aromatic rings.